The van der Waals surface area contributed by atoms with Crippen molar-refractivity contribution in [3.8, 4) is 0 Å². The zero-order valence-corrected chi connectivity index (χ0v) is 12.9. The van der Waals surface area contributed by atoms with Crippen LogP contribution in [0.3, 0.4) is 0 Å². The molecule has 0 aliphatic heterocycles. The van der Waals surface area contributed by atoms with Crippen LogP contribution in [0.25, 0.3) is 0 Å². The lowest BCUT2D eigenvalue weighted by atomic mass is 10.4. The van der Waals surface area contributed by atoms with E-state index < -0.39 is 15.1 Å². The van der Waals surface area contributed by atoms with Crippen LogP contribution in [-0.2, 0) is 9.84 Å². The molecule has 5 nitrogen and oxygen atoms in total. The molecule has 8 heteroatoms. The van der Waals surface area contributed by atoms with Crippen molar-refractivity contribution in [2.45, 2.75) is 43.9 Å². The molecule has 1 heterocycles. The van der Waals surface area contributed by atoms with Crippen LogP contribution >= 0.6 is 23.2 Å². The van der Waals surface area contributed by atoms with Gasteiger partial charge in [-0.15, -0.1) is 0 Å². The van der Waals surface area contributed by atoms with E-state index in [9.17, 15) is 8.42 Å². The Kier molecular flexibility index (Phi) is 4.80. The molecule has 0 bridgehead atoms. The minimum Gasteiger partial charge on any atom is -0.352 e. The van der Waals surface area contributed by atoms with Crippen molar-refractivity contribution in [3.05, 3.63) is 10.3 Å². The molecule has 0 atom stereocenters. The maximum absolute atomic E-state index is 12.0. The first-order chi connectivity index (χ1) is 8.16. The molecule has 1 N–H and O–H groups in total. The topological polar surface area (TPSA) is 72.0 Å². The summed E-state index contributed by atoms with van der Waals surface area (Å²) in [6.07, 6.45) is 0. The highest BCUT2D eigenvalue weighted by Crippen LogP contribution is 2.30. The van der Waals surface area contributed by atoms with Gasteiger partial charge in [-0.1, -0.05) is 23.2 Å². The van der Waals surface area contributed by atoms with Crippen molar-refractivity contribution in [3.63, 3.8) is 0 Å². The molecule has 0 radical (unpaired) electrons. The number of halogens is 2. The Morgan fingerprint density at radius 2 is 1.50 bits per heavy atom. The third-order valence-electron chi connectivity index (χ3n) is 2.11. The van der Waals surface area contributed by atoms with Gasteiger partial charge in [-0.3, -0.25) is 0 Å². The molecular formula is C10H15Cl2N3O2S. The highest BCUT2D eigenvalue weighted by atomic mass is 35.5. The predicted molar refractivity (Wildman–Crippen MR) is 73.1 cm³/mol. The summed E-state index contributed by atoms with van der Waals surface area (Å²) in [5.41, 5.74) is 0. The molecule has 0 amide bonds. The molecule has 102 valence electrons. The van der Waals surface area contributed by atoms with Gasteiger partial charge < -0.3 is 5.32 Å². The Balaban J connectivity index is 3.34. The normalized spacial score (nSPS) is 12.2. The highest BCUT2D eigenvalue weighted by Gasteiger charge is 2.28. The number of sulfone groups is 1. The van der Waals surface area contributed by atoms with Gasteiger partial charge in [0.1, 0.15) is 4.90 Å². The first-order valence-corrected chi connectivity index (χ1v) is 7.70. The summed E-state index contributed by atoms with van der Waals surface area (Å²) >= 11 is 11.8. The maximum atomic E-state index is 12.0. The quantitative estimate of drug-likeness (QED) is 0.866. The van der Waals surface area contributed by atoms with Crippen molar-refractivity contribution < 1.29 is 8.42 Å². The van der Waals surface area contributed by atoms with Gasteiger partial charge in [-0.05, 0) is 27.7 Å². The third-order valence-corrected chi connectivity index (χ3v) is 5.07. The average Bonchev–Trinajstić information content (AvgIpc) is 2.13. The number of hydrogen-bond acceptors (Lipinski definition) is 5. The zero-order valence-electron chi connectivity index (χ0n) is 10.5. The second kappa shape index (κ2) is 5.59. The fraction of sp³-hybridized carbons (Fsp3) is 0.600. The lowest BCUT2D eigenvalue weighted by molar-refractivity contribution is 0.586. The molecule has 18 heavy (non-hydrogen) atoms. The Hall–Kier alpha value is -0.590. The van der Waals surface area contributed by atoms with E-state index in [2.05, 4.69) is 15.3 Å². The minimum absolute atomic E-state index is 0.0877. The first-order valence-electron chi connectivity index (χ1n) is 5.39. The Bertz CT molecular complexity index is 521. The Labute approximate surface area is 117 Å². The van der Waals surface area contributed by atoms with Gasteiger partial charge in [0.2, 0.25) is 5.95 Å². The molecule has 1 aromatic heterocycles. The van der Waals surface area contributed by atoms with E-state index in [1.165, 1.54) is 0 Å². The summed E-state index contributed by atoms with van der Waals surface area (Å²) in [4.78, 5) is 7.59. The predicted octanol–water partition coefficient (Wildman–Crippen LogP) is 2.79. The summed E-state index contributed by atoms with van der Waals surface area (Å²) in [5.74, 6) is 0.211. The molecule has 1 aromatic rings. The van der Waals surface area contributed by atoms with Crippen LogP contribution in [0.2, 0.25) is 10.3 Å². The van der Waals surface area contributed by atoms with Crippen molar-refractivity contribution in [1.29, 1.82) is 0 Å². The van der Waals surface area contributed by atoms with E-state index in [-0.39, 0.29) is 27.2 Å². The fourth-order valence-electron chi connectivity index (χ4n) is 1.19. The van der Waals surface area contributed by atoms with Crippen LogP contribution in [-0.4, -0.2) is 29.7 Å². The summed E-state index contributed by atoms with van der Waals surface area (Å²) < 4.78 is 24.1. The zero-order chi connectivity index (χ0) is 14.1. The van der Waals surface area contributed by atoms with E-state index in [4.69, 9.17) is 23.2 Å². The van der Waals surface area contributed by atoms with E-state index in [1.54, 1.807) is 13.8 Å². The fourth-order valence-corrected chi connectivity index (χ4v) is 3.26. The van der Waals surface area contributed by atoms with Crippen molar-refractivity contribution in [2.75, 3.05) is 5.32 Å². The molecule has 0 aromatic carbocycles. The van der Waals surface area contributed by atoms with Crippen LogP contribution in [0.4, 0.5) is 5.95 Å². The number of rotatable bonds is 4. The summed E-state index contributed by atoms with van der Waals surface area (Å²) in [5, 5.41) is 1.95. The van der Waals surface area contributed by atoms with Gasteiger partial charge in [-0.25, -0.2) is 8.42 Å². The van der Waals surface area contributed by atoms with Crippen LogP contribution < -0.4 is 5.32 Å². The van der Waals surface area contributed by atoms with Gasteiger partial charge in [0, 0.05) is 6.04 Å². The van der Waals surface area contributed by atoms with Crippen molar-refractivity contribution in [2.24, 2.45) is 0 Å². The molecule has 0 aliphatic carbocycles. The Morgan fingerprint density at radius 1 is 1.06 bits per heavy atom. The molecule has 0 saturated heterocycles. The number of aromatic nitrogens is 2. The van der Waals surface area contributed by atoms with E-state index in [0.717, 1.165) is 0 Å². The van der Waals surface area contributed by atoms with Crippen molar-refractivity contribution >= 4 is 39.0 Å². The highest BCUT2D eigenvalue weighted by molar-refractivity contribution is 7.92. The molecule has 0 spiro atoms. The van der Waals surface area contributed by atoms with E-state index >= 15 is 0 Å². The second-order valence-corrected chi connectivity index (χ2v) is 7.51. The number of nitrogens with one attached hydrogen (secondary N) is 1. The number of nitrogens with zero attached hydrogens (tertiary/aromatic N) is 2. The van der Waals surface area contributed by atoms with Crippen molar-refractivity contribution in [1.82, 2.24) is 9.97 Å². The molecule has 0 aliphatic rings. The lowest BCUT2D eigenvalue weighted by Gasteiger charge is -2.13. The molecule has 0 saturated carbocycles. The molecule has 1 rings (SSSR count). The number of anilines is 1. The SMILES string of the molecule is CC(C)Nc1nc(Cl)c(S(=O)(=O)C(C)C)c(Cl)n1. The van der Waals surface area contributed by atoms with Crippen LogP contribution in [0.1, 0.15) is 27.7 Å². The lowest BCUT2D eigenvalue weighted by Crippen LogP contribution is -2.18. The van der Waals surface area contributed by atoms with Crippen LogP contribution in [0.5, 0.6) is 0 Å². The second-order valence-electron chi connectivity index (χ2n) is 4.35. The third kappa shape index (κ3) is 3.24. The van der Waals surface area contributed by atoms with E-state index in [1.807, 2.05) is 13.8 Å². The van der Waals surface area contributed by atoms with Gasteiger partial charge in [-0.2, -0.15) is 9.97 Å². The van der Waals surface area contributed by atoms with Gasteiger partial charge >= 0.3 is 0 Å². The van der Waals surface area contributed by atoms with Gasteiger partial charge in [0.25, 0.3) is 0 Å². The van der Waals surface area contributed by atoms with Crippen LogP contribution in [0, 0.1) is 0 Å². The summed E-state index contributed by atoms with van der Waals surface area (Å²) in [6, 6.07) is 0.0877. The average molecular weight is 312 g/mol. The smallest absolute Gasteiger partial charge is 0.225 e. The standard InChI is InChI=1S/C10H15Cl2N3O2S/c1-5(2)13-10-14-8(11)7(9(12)15-10)18(16,17)6(3)4/h5-6H,1-4H3,(H,13,14,15). The monoisotopic (exact) mass is 311 g/mol. The largest absolute Gasteiger partial charge is 0.352 e. The molecular weight excluding hydrogens is 297 g/mol. The Morgan fingerprint density at radius 3 is 1.83 bits per heavy atom. The van der Waals surface area contributed by atoms with Gasteiger partial charge in [0.05, 0.1) is 5.25 Å². The number of hydrogen-bond donors (Lipinski definition) is 1. The van der Waals surface area contributed by atoms with Gasteiger partial charge in [0.15, 0.2) is 20.1 Å². The first kappa shape index (κ1) is 15.5. The molecule has 0 unspecified atom stereocenters. The molecule has 0 fully saturated rings. The van der Waals surface area contributed by atoms with E-state index in [0.29, 0.717) is 0 Å². The summed E-state index contributed by atoms with van der Waals surface area (Å²) in [7, 11) is -3.60. The minimum atomic E-state index is -3.60. The maximum Gasteiger partial charge on any atom is 0.225 e. The van der Waals surface area contributed by atoms with Crippen LogP contribution in [0.15, 0.2) is 4.90 Å². The summed E-state index contributed by atoms with van der Waals surface area (Å²) in [6.45, 7) is 6.87.